The van der Waals surface area contributed by atoms with E-state index in [1.165, 1.54) is 18.1 Å². The van der Waals surface area contributed by atoms with Crippen LogP contribution in [0.4, 0.5) is 5.69 Å². The molecule has 0 fully saturated rings. The van der Waals surface area contributed by atoms with Gasteiger partial charge in [0.15, 0.2) is 17.2 Å². The zero-order valence-corrected chi connectivity index (χ0v) is 10.9. The summed E-state index contributed by atoms with van der Waals surface area (Å²) in [6.45, 7) is 1.94. The molecule has 20 heavy (non-hydrogen) atoms. The summed E-state index contributed by atoms with van der Waals surface area (Å²) >= 11 is 0. The number of nitrogens with two attached hydrogens (primary N) is 1. The van der Waals surface area contributed by atoms with E-state index in [-0.39, 0.29) is 11.4 Å². The molecule has 0 aliphatic heterocycles. The maximum Gasteiger partial charge on any atom is 0.360 e. The van der Waals surface area contributed by atoms with Crippen molar-refractivity contribution in [3.63, 3.8) is 0 Å². The lowest BCUT2D eigenvalue weighted by Gasteiger charge is -2.05. The first-order valence-electron chi connectivity index (χ1n) is 5.84. The van der Waals surface area contributed by atoms with E-state index >= 15 is 0 Å². The zero-order valence-electron chi connectivity index (χ0n) is 10.9. The van der Waals surface area contributed by atoms with Gasteiger partial charge in [-0.05, 0) is 24.6 Å². The maximum atomic E-state index is 11.5. The quantitative estimate of drug-likeness (QED) is 0.685. The van der Waals surface area contributed by atoms with Gasteiger partial charge >= 0.3 is 5.97 Å². The van der Waals surface area contributed by atoms with Crippen molar-refractivity contribution >= 4 is 17.3 Å². The number of anilines is 1. The Labute approximate surface area is 113 Å². The van der Waals surface area contributed by atoms with Crippen LogP contribution in [0, 0.1) is 6.92 Å². The Kier molecular flexibility index (Phi) is 2.63. The van der Waals surface area contributed by atoms with E-state index in [4.69, 9.17) is 5.73 Å². The van der Waals surface area contributed by atoms with Crippen LogP contribution >= 0.6 is 0 Å². The second-order valence-electron chi connectivity index (χ2n) is 4.29. The molecule has 0 aliphatic rings. The summed E-state index contributed by atoms with van der Waals surface area (Å²) < 4.78 is 7.73. The fourth-order valence-electron chi connectivity index (χ4n) is 1.96. The lowest BCUT2D eigenvalue weighted by atomic mass is 10.3. The Hall–Kier alpha value is -2.90. The van der Waals surface area contributed by atoms with Crippen molar-refractivity contribution in [1.82, 2.24) is 24.4 Å². The highest BCUT2D eigenvalue weighted by Gasteiger charge is 2.17. The van der Waals surface area contributed by atoms with Crippen LogP contribution in [0.3, 0.4) is 0 Å². The first-order valence-corrected chi connectivity index (χ1v) is 5.84. The Morgan fingerprint density at radius 1 is 1.40 bits per heavy atom. The molecular weight excluding hydrogens is 260 g/mol. The predicted molar refractivity (Wildman–Crippen MR) is 70.6 cm³/mol. The maximum absolute atomic E-state index is 11.5. The molecule has 3 heterocycles. The molecule has 102 valence electrons. The summed E-state index contributed by atoms with van der Waals surface area (Å²) in [5.74, 6) is 0.0584. The molecule has 2 N–H and O–H groups in total. The van der Waals surface area contributed by atoms with Gasteiger partial charge in [0.1, 0.15) is 6.33 Å². The molecule has 0 amide bonds. The van der Waals surface area contributed by atoms with Crippen molar-refractivity contribution in [3.8, 4) is 5.82 Å². The number of nitrogen functional groups attached to an aromatic ring is 1. The van der Waals surface area contributed by atoms with E-state index in [1.54, 1.807) is 10.7 Å². The minimum atomic E-state index is -0.580. The van der Waals surface area contributed by atoms with Gasteiger partial charge in [0.05, 0.1) is 19.0 Å². The van der Waals surface area contributed by atoms with Gasteiger partial charge in [-0.25, -0.2) is 14.5 Å². The molecule has 8 heteroatoms. The molecule has 3 rings (SSSR count). The molecule has 0 saturated carbocycles. The van der Waals surface area contributed by atoms with Gasteiger partial charge < -0.3 is 10.5 Å². The molecule has 3 aromatic heterocycles. The number of esters is 1. The standard InChI is InChI=1S/C12H12N6O2/c1-7-3-9-14-6-15-18(9)10(4-7)17-5-8(13)11(16-17)12(19)20-2/h3-6H,13H2,1-2H3. The molecule has 0 aliphatic carbocycles. The van der Waals surface area contributed by atoms with Crippen molar-refractivity contribution in [3.05, 3.63) is 35.9 Å². The molecule has 0 aromatic carbocycles. The molecule has 0 unspecified atom stereocenters. The summed E-state index contributed by atoms with van der Waals surface area (Å²) in [6.07, 6.45) is 2.99. The van der Waals surface area contributed by atoms with Crippen LogP contribution in [0.5, 0.6) is 0 Å². The van der Waals surface area contributed by atoms with Crippen LogP contribution < -0.4 is 5.73 Å². The van der Waals surface area contributed by atoms with Gasteiger partial charge in [-0.1, -0.05) is 0 Å². The highest BCUT2D eigenvalue weighted by molar-refractivity contribution is 5.92. The summed E-state index contributed by atoms with van der Waals surface area (Å²) in [5.41, 5.74) is 7.78. The molecule has 0 saturated heterocycles. The summed E-state index contributed by atoms with van der Waals surface area (Å²) in [4.78, 5) is 15.7. The second-order valence-corrected chi connectivity index (χ2v) is 4.29. The number of rotatable bonds is 2. The first kappa shape index (κ1) is 12.2. The number of fused-ring (bicyclic) bond motifs is 1. The van der Waals surface area contributed by atoms with Crippen molar-refractivity contribution < 1.29 is 9.53 Å². The number of pyridine rings is 1. The number of ether oxygens (including phenoxy) is 1. The number of hydrogen-bond donors (Lipinski definition) is 1. The van der Waals surface area contributed by atoms with Crippen LogP contribution in [0.25, 0.3) is 11.5 Å². The highest BCUT2D eigenvalue weighted by Crippen LogP contribution is 2.17. The van der Waals surface area contributed by atoms with Crippen molar-refractivity contribution in [2.75, 3.05) is 12.8 Å². The highest BCUT2D eigenvalue weighted by atomic mass is 16.5. The molecule has 0 radical (unpaired) electrons. The fraction of sp³-hybridized carbons (Fsp3) is 0.167. The van der Waals surface area contributed by atoms with Crippen LogP contribution in [-0.2, 0) is 4.74 Å². The summed E-state index contributed by atoms with van der Waals surface area (Å²) in [6, 6.07) is 3.76. The van der Waals surface area contributed by atoms with Crippen LogP contribution in [0.2, 0.25) is 0 Å². The van der Waals surface area contributed by atoms with Gasteiger partial charge in [-0.2, -0.15) is 14.7 Å². The average molecular weight is 272 g/mol. The lowest BCUT2D eigenvalue weighted by molar-refractivity contribution is 0.0594. The van der Waals surface area contributed by atoms with Gasteiger partial charge in [0, 0.05) is 0 Å². The van der Waals surface area contributed by atoms with Gasteiger partial charge in [0.25, 0.3) is 0 Å². The van der Waals surface area contributed by atoms with E-state index < -0.39 is 5.97 Å². The first-order chi connectivity index (χ1) is 9.60. The number of carbonyl (C=O) groups excluding carboxylic acids is 1. The SMILES string of the molecule is COC(=O)c1nn(-c2cc(C)cc3ncnn23)cc1N. The third-order valence-corrected chi connectivity index (χ3v) is 2.86. The van der Waals surface area contributed by atoms with Gasteiger partial charge in [-0.3, -0.25) is 0 Å². The van der Waals surface area contributed by atoms with E-state index in [1.807, 2.05) is 19.1 Å². The fourth-order valence-corrected chi connectivity index (χ4v) is 1.96. The van der Waals surface area contributed by atoms with Crippen molar-refractivity contribution in [2.24, 2.45) is 0 Å². The van der Waals surface area contributed by atoms with Crippen LogP contribution in [-0.4, -0.2) is 37.5 Å². The summed E-state index contributed by atoms with van der Waals surface area (Å²) in [5, 5.41) is 8.28. The second kappa shape index (κ2) is 4.34. The molecule has 0 atom stereocenters. The van der Waals surface area contributed by atoms with Gasteiger partial charge in [-0.15, -0.1) is 0 Å². The minimum absolute atomic E-state index is 0.0715. The van der Waals surface area contributed by atoms with E-state index in [0.717, 1.165) is 5.56 Å². The Morgan fingerprint density at radius 3 is 2.95 bits per heavy atom. The third-order valence-electron chi connectivity index (χ3n) is 2.86. The van der Waals surface area contributed by atoms with E-state index in [0.29, 0.717) is 11.5 Å². The monoisotopic (exact) mass is 272 g/mol. The van der Waals surface area contributed by atoms with E-state index in [2.05, 4.69) is 19.9 Å². The minimum Gasteiger partial charge on any atom is -0.464 e. The number of hydrogen-bond acceptors (Lipinski definition) is 6. The third kappa shape index (κ3) is 1.78. The zero-order chi connectivity index (χ0) is 14.3. The Balaban J connectivity index is 2.21. The number of aromatic nitrogens is 5. The van der Waals surface area contributed by atoms with Gasteiger partial charge in [0.2, 0.25) is 0 Å². The molecule has 0 spiro atoms. The largest absolute Gasteiger partial charge is 0.464 e. The topological polar surface area (TPSA) is 100 Å². The van der Waals surface area contributed by atoms with Crippen molar-refractivity contribution in [1.29, 1.82) is 0 Å². The molecule has 8 nitrogen and oxygen atoms in total. The number of nitrogens with zero attached hydrogens (tertiary/aromatic N) is 5. The number of aryl methyl sites for hydroxylation is 1. The van der Waals surface area contributed by atoms with Crippen LogP contribution in [0.15, 0.2) is 24.7 Å². The molecular formula is C12H12N6O2. The lowest BCUT2D eigenvalue weighted by Crippen LogP contribution is -2.08. The number of carbonyl (C=O) groups is 1. The Morgan fingerprint density at radius 2 is 2.20 bits per heavy atom. The predicted octanol–water partition coefficient (Wildman–Crippen LogP) is 0.592. The average Bonchev–Trinajstić information content (AvgIpc) is 3.03. The Bertz CT molecular complexity index is 803. The normalized spacial score (nSPS) is 10.9. The smallest absolute Gasteiger partial charge is 0.360 e. The van der Waals surface area contributed by atoms with Crippen LogP contribution in [0.1, 0.15) is 16.1 Å². The molecule has 3 aromatic rings. The van der Waals surface area contributed by atoms with E-state index in [9.17, 15) is 4.79 Å². The molecule has 0 bridgehead atoms. The summed E-state index contributed by atoms with van der Waals surface area (Å²) in [7, 11) is 1.28. The number of methoxy groups -OCH3 is 1. The van der Waals surface area contributed by atoms with Crippen molar-refractivity contribution in [2.45, 2.75) is 6.92 Å².